The van der Waals surface area contributed by atoms with Gasteiger partial charge < -0.3 is 15.0 Å². The Kier molecular flexibility index (Phi) is 9.77. The molecule has 1 N–H and O–H groups in total. The summed E-state index contributed by atoms with van der Waals surface area (Å²) in [4.78, 5) is 26.0. The van der Waals surface area contributed by atoms with Gasteiger partial charge in [-0.2, -0.15) is 18.3 Å². The zero-order valence-electron chi connectivity index (χ0n) is 20.2. The number of ether oxygens (including phenoxy) is 1. The summed E-state index contributed by atoms with van der Waals surface area (Å²) in [5, 5.41) is 5.90. The summed E-state index contributed by atoms with van der Waals surface area (Å²) >= 11 is 0. The first-order valence-electron chi connectivity index (χ1n) is 11.3. The number of rotatable bonds is 7. The summed E-state index contributed by atoms with van der Waals surface area (Å²) in [6, 6.07) is 0.378. The Bertz CT molecular complexity index is 1050. The lowest BCUT2D eigenvalue weighted by atomic mass is 10.0. The number of hydrogen-bond acceptors (Lipinski definition) is 4. The number of aromatic nitrogens is 2. The lowest BCUT2D eigenvalue weighted by Gasteiger charge is -2.40. The van der Waals surface area contributed by atoms with Crippen molar-refractivity contribution in [2.24, 2.45) is 0 Å². The maximum atomic E-state index is 14.1. The third kappa shape index (κ3) is 7.62. The molecule has 2 heterocycles. The van der Waals surface area contributed by atoms with Crippen LogP contribution in [-0.4, -0.2) is 51.9 Å². The maximum Gasteiger partial charge on any atom is 0.435 e. The summed E-state index contributed by atoms with van der Waals surface area (Å²) in [6.45, 7) is 7.35. The second kappa shape index (κ2) is 12.1. The molecule has 2 amide bonds. The lowest BCUT2D eigenvalue weighted by molar-refractivity contribution is -0.143. The van der Waals surface area contributed by atoms with E-state index in [1.54, 1.807) is 13.8 Å². The first-order valence-corrected chi connectivity index (χ1v) is 11.3. The van der Waals surface area contributed by atoms with E-state index >= 15 is 0 Å². The van der Waals surface area contributed by atoms with E-state index in [2.05, 4.69) is 10.4 Å². The van der Waals surface area contributed by atoms with Crippen molar-refractivity contribution < 1.29 is 40.7 Å². The number of carbonyl (C=O) groups excluding carboxylic acids is 2. The number of alkyl carbamates (subject to hydrolysis) is 1. The zero-order valence-corrected chi connectivity index (χ0v) is 20.2. The van der Waals surface area contributed by atoms with Gasteiger partial charge >= 0.3 is 12.3 Å². The Hall–Kier alpha value is -3.25. The number of halogens is 6. The smallest absolute Gasteiger partial charge is 0.435 e. The van der Waals surface area contributed by atoms with Gasteiger partial charge in [-0.3, -0.25) is 9.48 Å². The number of alkyl halides is 3. The predicted octanol–water partition coefficient (Wildman–Crippen LogP) is 4.86. The highest BCUT2D eigenvalue weighted by atomic mass is 19.4. The Labute approximate surface area is 204 Å². The van der Waals surface area contributed by atoms with Gasteiger partial charge in [0, 0.05) is 37.8 Å². The SMILES string of the molecule is CC.CC(C)OC(=O)NC(CC(=O)N1CC(n2ccc(C(F)(F)F)n2)C1)Cc1cc(F)c(F)cc1F. The van der Waals surface area contributed by atoms with Crippen molar-refractivity contribution in [1.82, 2.24) is 20.0 Å². The predicted molar refractivity (Wildman–Crippen MR) is 117 cm³/mol. The fourth-order valence-electron chi connectivity index (χ4n) is 3.43. The van der Waals surface area contributed by atoms with Gasteiger partial charge in [0.2, 0.25) is 5.91 Å². The van der Waals surface area contributed by atoms with E-state index in [-0.39, 0.29) is 31.5 Å². The average molecular weight is 522 g/mol. The molecule has 1 aromatic carbocycles. The van der Waals surface area contributed by atoms with Gasteiger partial charge in [0.05, 0.1) is 12.1 Å². The van der Waals surface area contributed by atoms with Gasteiger partial charge in [-0.1, -0.05) is 13.8 Å². The second-order valence-corrected chi connectivity index (χ2v) is 8.19. The van der Waals surface area contributed by atoms with E-state index in [9.17, 15) is 35.9 Å². The molecule has 13 heteroatoms. The van der Waals surface area contributed by atoms with Gasteiger partial charge in [-0.15, -0.1) is 0 Å². The van der Waals surface area contributed by atoms with E-state index < -0.39 is 59.5 Å². The van der Waals surface area contributed by atoms with Crippen molar-refractivity contribution >= 4 is 12.0 Å². The molecule has 1 aliphatic rings. The Balaban J connectivity index is 0.00000222. The Morgan fingerprint density at radius 3 is 2.28 bits per heavy atom. The molecule has 1 aromatic heterocycles. The van der Waals surface area contributed by atoms with Crippen molar-refractivity contribution in [3.8, 4) is 0 Å². The topological polar surface area (TPSA) is 76.5 Å². The molecule has 0 radical (unpaired) electrons. The summed E-state index contributed by atoms with van der Waals surface area (Å²) in [6.07, 6.45) is -5.42. The summed E-state index contributed by atoms with van der Waals surface area (Å²) in [7, 11) is 0. The van der Waals surface area contributed by atoms with E-state index in [1.807, 2.05) is 13.8 Å². The molecule has 0 spiro atoms. The van der Waals surface area contributed by atoms with Crippen LogP contribution in [0.4, 0.5) is 31.1 Å². The van der Waals surface area contributed by atoms with Crippen molar-refractivity contribution in [2.45, 2.75) is 64.9 Å². The number of hydrogen-bond donors (Lipinski definition) is 1. The molecule has 36 heavy (non-hydrogen) atoms. The number of nitrogens with zero attached hydrogens (tertiary/aromatic N) is 3. The summed E-state index contributed by atoms with van der Waals surface area (Å²) in [5.74, 6) is -4.18. The minimum Gasteiger partial charge on any atom is -0.447 e. The molecular weight excluding hydrogens is 494 g/mol. The highest BCUT2D eigenvalue weighted by Crippen LogP contribution is 2.29. The van der Waals surface area contributed by atoms with Crippen LogP contribution in [0.3, 0.4) is 0 Å². The van der Waals surface area contributed by atoms with Crippen LogP contribution in [-0.2, 0) is 22.1 Å². The molecule has 3 rings (SSSR count). The van der Waals surface area contributed by atoms with Crippen LogP contribution < -0.4 is 5.32 Å². The standard InChI is InChI=1S/C21H22F6N4O3.C2H6/c1-11(2)34-20(33)28-13(5-12-6-16(23)17(24)8-15(12)22)7-19(32)30-9-14(10-30)31-4-3-18(29-31)21(25,26)27;1-2/h3-4,6,8,11,13-14H,5,7,9-10H2,1-2H3,(H,28,33);1-2H3. The minimum absolute atomic E-state index is 0.0838. The van der Waals surface area contributed by atoms with E-state index in [1.165, 1.54) is 11.1 Å². The van der Waals surface area contributed by atoms with Crippen LogP contribution in [0, 0.1) is 17.5 Å². The number of nitrogens with one attached hydrogen (secondary N) is 1. The minimum atomic E-state index is -4.58. The van der Waals surface area contributed by atoms with E-state index in [4.69, 9.17) is 4.74 Å². The fourth-order valence-corrected chi connectivity index (χ4v) is 3.43. The van der Waals surface area contributed by atoms with Crippen molar-refractivity contribution in [1.29, 1.82) is 0 Å². The van der Waals surface area contributed by atoms with Crippen LogP contribution >= 0.6 is 0 Å². The molecule has 1 fully saturated rings. The molecule has 2 aromatic rings. The normalized spacial score (nSPS) is 14.6. The molecule has 0 saturated carbocycles. The molecule has 1 saturated heterocycles. The van der Waals surface area contributed by atoms with E-state index in [0.29, 0.717) is 12.1 Å². The summed E-state index contributed by atoms with van der Waals surface area (Å²) < 4.78 is 85.1. The van der Waals surface area contributed by atoms with Gasteiger partial charge in [-0.25, -0.2) is 18.0 Å². The van der Waals surface area contributed by atoms with Crippen molar-refractivity contribution in [3.05, 3.63) is 53.1 Å². The molecule has 7 nitrogen and oxygen atoms in total. The third-order valence-electron chi connectivity index (χ3n) is 5.13. The van der Waals surface area contributed by atoms with Crippen molar-refractivity contribution in [3.63, 3.8) is 0 Å². The average Bonchev–Trinajstić information content (AvgIpc) is 3.22. The van der Waals surface area contributed by atoms with Crippen molar-refractivity contribution in [2.75, 3.05) is 13.1 Å². The van der Waals surface area contributed by atoms with E-state index in [0.717, 1.165) is 10.7 Å². The molecule has 1 atom stereocenters. The highest BCUT2D eigenvalue weighted by Gasteiger charge is 2.37. The third-order valence-corrected chi connectivity index (χ3v) is 5.13. The first kappa shape index (κ1) is 29.0. The zero-order chi connectivity index (χ0) is 27.2. The highest BCUT2D eigenvalue weighted by molar-refractivity contribution is 5.78. The largest absolute Gasteiger partial charge is 0.447 e. The van der Waals surface area contributed by atoms with Gasteiger partial charge in [0.25, 0.3) is 0 Å². The Morgan fingerprint density at radius 2 is 1.72 bits per heavy atom. The quantitative estimate of drug-likeness (QED) is 0.416. The molecule has 0 aliphatic carbocycles. The summed E-state index contributed by atoms with van der Waals surface area (Å²) in [5.41, 5.74) is -1.29. The van der Waals surface area contributed by atoms with Crippen LogP contribution in [0.5, 0.6) is 0 Å². The maximum absolute atomic E-state index is 14.1. The molecule has 1 unspecified atom stereocenters. The molecular formula is C23H28F6N4O3. The second-order valence-electron chi connectivity index (χ2n) is 8.19. The monoisotopic (exact) mass is 522 g/mol. The Morgan fingerprint density at radius 1 is 1.11 bits per heavy atom. The van der Waals surface area contributed by atoms with Gasteiger partial charge in [0.15, 0.2) is 17.3 Å². The van der Waals surface area contributed by atoms with Gasteiger partial charge in [0.1, 0.15) is 5.82 Å². The van der Waals surface area contributed by atoms with Crippen LogP contribution in [0.2, 0.25) is 0 Å². The number of benzene rings is 1. The van der Waals surface area contributed by atoms with Crippen LogP contribution in [0.15, 0.2) is 24.4 Å². The number of carbonyl (C=O) groups is 2. The number of likely N-dealkylation sites (tertiary alicyclic amines) is 1. The van der Waals surface area contributed by atoms with Crippen LogP contribution in [0.1, 0.15) is 51.4 Å². The molecule has 1 aliphatic heterocycles. The van der Waals surface area contributed by atoms with Crippen LogP contribution in [0.25, 0.3) is 0 Å². The first-order chi connectivity index (χ1) is 16.8. The van der Waals surface area contributed by atoms with Gasteiger partial charge in [-0.05, 0) is 38.0 Å². The number of amides is 2. The fraction of sp³-hybridized carbons (Fsp3) is 0.522. The molecule has 0 bridgehead atoms. The lowest BCUT2D eigenvalue weighted by Crippen LogP contribution is -2.52. The molecule has 200 valence electrons.